The first-order valence-corrected chi connectivity index (χ1v) is 34.6. The highest BCUT2D eigenvalue weighted by Gasteiger charge is 2.32. The number of benzene rings is 5. The van der Waals surface area contributed by atoms with Crippen LogP contribution < -0.4 is 31.4 Å². The van der Waals surface area contributed by atoms with Gasteiger partial charge in [0.25, 0.3) is 34.4 Å². The minimum Gasteiger partial charge on any atom is -0.459 e. The second-order valence-corrected chi connectivity index (χ2v) is 27.0. The maximum absolute atomic E-state index is 13.4. The highest BCUT2D eigenvalue weighted by Crippen LogP contribution is 2.35. The number of pyridine rings is 4. The summed E-state index contributed by atoms with van der Waals surface area (Å²) in [4.78, 5) is 98.1. The van der Waals surface area contributed by atoms with E-state index in [9.17, 15) is 44.6 Å². The van der Waals surface area contributed by atoms with E-state index in [0.717, 1.165) is 43.8 Å². The van der Waals surface area contributed by atoms with Crippen molar-refractivity contribution in [2.45, 2.75) is 26.6 Å². The number of amides is 3. The number of hydrogen-bond donors (Lipinski definition) is 0. The van der Waals surface area contributed by atoms with Gasteiger partial charge in [-0.25, -0.2) is 0 Å². The number of likely N-dealkylation sites (N-methyl/N-ethyl adjacent to an activating group) is 2. The van der Waals surface area contributed by atoms with Gasteiger partial charge in [0.1, 0.15) is 34.9 Å². The number of furan rings is 1. The number of halogens is 4. The van der Waals surface area contributed by atoms with Crippen molar-refractivity contribution in [2.24, 2.45) is 0 Å². The third-order valence-corrected chi connectivity index (χ3v) is 19.8. The van der Waals surface area contributed by atoms with Crippen LogP contribution in [-0.4, -0.2) is 181 Å². The van der Waals surface area contributed by atoms with Crippen LogP contribution in [0.3, 0.4) is 0 Å². The average Bonchev–Trinajstić information content (AvgIpc) is 0.782. The van der Waals surface area contributed by atoms with Crippen LogP contribution in [0, 0.1) is 40.9 Å². The molecule has 0 N–H and O–H groups in total. The molecule has 26 heteroatoms. The van der Waals surface area contributed by atoms with Gasteiger partial charge < -0.3 is 57.3 Å². The molecule has 22 nitrogen and oxygen atoms in total. The fraction of sp³-hybridized carbons (Fsp3) is 0.289. The van der Waals surface area contributed by atoms with E-state index in [1.807, 2.05) is 134 Å². The maximum Gasteiger partial charge on any atom is 0.289 e. The Morgan fingerprint density at radius 1 is 0.461 bits per heavy atom. The van der Waals surface area contributed by atoms with Crippen molar-refractivity contribution in [3.63, 3.8) is 0 Å². The standard InChI is InChI=1S/C26H27Cl2N5O2.C25H25Cl2N5O2.C25H21N5O3/c1-17-4-7-23-19(14-17)24(20(16-29)26(35)33(23)13-8-30(2)3)31-9-11-32(12-10-31)25(34)18-5-6-21(27)22(28)15-18;1-29(2)9-14-32-22-6-4-3-5-18(22)23(19(16-28)25(32)34)30-10-12-31(13-11-30)24(33)17-7-8-20(26)21(27)15-17;26-16-20-23(28-11-13-29(14-12-28)25(32)22-6-3-15-33-22)19-4-1-2-5-21(19)30(24(20)31)17-18-7-9-27-10-8-18/h4-7,14-15H,8-13H2,1-3H3;3-8,15H,9-14H2,1-2H3;1-10,15H,11-14,17H2. The number of para-hydroxylation sites is 2. The Morgan fingerprint density at radius 2 is 0.863 bits per heavy atom. The van der Waals surface area contributed by atoms with E-state index in [1.165, 1.54) is 6.26 Å². The summed E-state index contributed by atoms with van der Waals surface area (Å²) in [6.45, 7) is 10.5. The zero-order chi connectivity index (χ0) is 72.5. The van der Waals surface area contributed by atoms with E-state index in [-0.39, 0.29) is 51.1 Å². The van der Waals surface area contributed by atoms with Crippen molar-refractivity contribution >= 4 is 114 Å². The predicted molar refractivity (Wildman–Crippen MR) is 400 cm³/mol. The van der Waals surface area contributed by atoms with E-state index in [0.29, 0.717) is 165 Å². The topological polar surface area (TPSA) is 241 Å². The summed E-state index contributed by atoms with van der Waals surface area (Å²) >= 11 is 24.1. The van der Waals surface area contributed by atoms with Crippen LogP contribution >= 0.6 is 46.4 Å². The fourth-order valence-corrected chi connectivity index (χ4v) is 13.7. The molecular weight excluding hydrogens is 1380 g/mol. The molecule has 3 saturated heterocycles. The van der Waals surface area contributed by atoms with E-state index in [1.54, 1.807) is 89.3 Å². The van der Waals surface area contributed by atoms with Crippen molar-refractivity contribution in [3.8, 4) is 18.2 Å². The number of carbonyl (C=O) groups excluding carboxylic acids is 3. The Balaban J connectivity index is 0.000000154. The van der Waals surface area contributed by atoms with Gasteiger partial charge >= 0.3 is 0 Å². The van der Waals surface area contributed by atoms with Gasteiger partial charge in [0.15, 0.2) is 5.76 Å². The number of fused-ring (bicyclic) bond motifs is 3. The van der Waals surface area contributed by atoms with Crippen LogP contribution in [0.5, 0.6) is 0 Å². The summed E-state index contributed by atoms with van der Waals surface area (Å²) in [6.07, 6.45) is 4.85. The normalized spacial score (nSPS) is 13.9. The lowest BCUT2D eigenvalue weighted by atomic mass is 10.0. The molecule has 5 aromatic heterocycles. The first-order chi connectivity index (χ1) is 49.2. The molecule has 3 fully saturated rings. The Kier molecular flexibility index (Phi) is 23.1. The predicted octanol–water partition coefficient (Wildman–Crippen LogP) is 10.6. The highest BCUT2D eigenvalue weighted by atomic mass is 35.5. The number of nitrogens with zero attached hydrogens (tertiary/aromatic N) is 15. The zero-order valence-electron chi connectivity index (χ0n) is 57.0. The van der Waals surface area contributed by atoms with E-state index < -0.39 is 0 Å². The van der Waals surface area contributed by atoms with Crippen molar-refractivity contribution in [1.29, 1.82) is 15.8 Å². The van der Waals surface area contributed by atoms with Gasteiger partial charge in [0, 0.05) is 144 Å². The first kappa shape index (κ1) is 72.8. The third kappa shape index (κ3) is 15.7. The lowest BCUT2D eigenvalue weighted by Gasteiger charge is -2.37. The third-order valence-electron chi connectivity index (χ3n) is 18.4. The number of carbonyl (C=O) groups is 3. The summed E-state index contributed by atoms with van der Waals surface area (Å²) in [5.41, 5.74) is 6.77. The second kappa shape index (κ2) is 32.4. The highest BCUT2D eigenvalue weighted by molar-refractivity contribution is 6.42. The molecule has 0 atom stereocenters. The number of rotatable bonds is 14. The number of aryl methyl sites for hydroxylation is 1. The van der Waals surface area contributed by atoms with Crippen molar-refractivity contribution in [3.05, 3.63) is 242 Å². The molecule has 3 aliphatic rings. The molecule has 10 aromatic rings. The van der Waals surface area contributed by atoms with Gasteiger partial charge in [-0.2, -0.15) is 15.8 Å². The van der Waals surface area contributed by atoms with Crippen molar-refractivity contribution < 1.29 is 18.8 Å². The zero-order valence-corrected chi connectivity index (χ0v) is 60.0. The van der Waals surface area contributed by atoms with Crippen LogP contribution in [0.25, 0.3) is 32.7 Å². The van der Waals surface area contributed by atoms with Crippen LogP contribution in [0.4, 0.5) is 17.1 Å². The summed E-state index contributed by atoms with van der Waals surface area (Å²) in [5.74, 6) is -0.0886. The first-order valence-electron chi connectivity index (χ1n) is 33.1. The minimum absolute atomic E-state index is 0.119. The molecular formula is C76H73Cl4N15O7. The van der Waals surface area contributed by atoms with E-state index >= 15 is 0 Å². The van der Waals surface area contributed by atoms with Crippen molar-refractivity contribution in [2.75, 3.05) is 135 Å². The SMILES string of the molecule is CN(C)CCn1c(=O)c(C#N)c(N2CCN(C(=O)c3ccc(Cl)c(Cl)c3)CC2)c2ccccc21.Cc1ccc2c(c1)c(N1CCN(C(=O)c3ccc(Cl)c(Cl)c3)CC1)c(C#N)c(=O)n2CCN(C)C.N#Cc1c(N2CCN(C(=O)c3ccco3)CC2)c2ccccc2n(Cc2ccncc2)c1=O. The molecule has 0 bridgehead atoms. The molecule has 5 aromatic carbocycles. The molecule has 0 saturated carbocycles. The molecule has 3 amide bonds. The molecule has 0 aliphatic carbocycles. The number of aromatic nitrogens is 4. The fourth-order valence-electron chi connectivity index (χ4n) is 13.1. The second-order valence-electron chi connectivity index (χ2n) is 25.4. The lowest BCUT2D eigenvalue weighted by molar-refractivity contribution is 0.0712. The number of piperazine rings is 3. The molecule has 0 radical (unpaired) electrons. The van der Waals surface area contributed by atoms with Crippen LogP contribution in [-0.2, 0) is 19.6 Å². The molecule has 522 valence electrons. The van der Waals surface area contributed by atoms with Gasteiger partial charge in [-0.05, 0) is 126 Å². The summed E-state index contributed by atoms with van der Waals surface area (Å²) in [5, 5.41) is 34.0. The summed E-state index contributed by atoms with van der Waals surface area (Å²) in [6, 6.07) is 44.6. The maximum atomic E-state index is 13.4. The Hall–Kier alpha value is -10.5. The lowest BCUT2D eigenvalue weighted by Crippen LogP contribution is -2.49. The van der Waals surface area contributed by atoms with Crippen LogP contribution in [0.15, 0.2) is 165 Å². The molecule has 8 heterocycles. The molecule has 13 rings (SSSR count). The Bertz CT molecular complexity index is 5130. The van der Waals surface area contributed by atoms with E-state index in [2.05, 4.69) is 28.1 Å². The number of hydrogen-bond acceptors (Lipinski definition) is 16. The van der Waals surface area contributed by atoms with Crippen molar-refractivity contribution in [1.82, 2.24) is 43.2 Å². The summed E-state index contributed by atoms with van der Waals surface area (Å²) < 4.78 is 10.3. The van der Waals surface area contributed by atoms with Gasteiger partial charge in [-0.3, -0.25) is 33.8 Å². The van der Waals surface area contributed by atoms with Gasteiger partial charge in [-0.15, -0.1) is 0 Å². The van der Waals surface area contributed by atoms with Crippen LogP contribution in [0.2, 0.25) is 20.1 Å². The van der Waals surface area contributed by atoms with Gasteiger partial charge in [0.05, 0.1) is 66.5 Å². The minimum atomic E-state index is -0.322. The Labute approximate surface area is 609 Å². The largest absolute Gasteiger partial charge is 0.459 e. The van der Waals surface area contributed by atoms with Gasteiger partial charge in [0.2, 0.25) is 0 Å². The number of anilines is 3. The van der Waals surface area contributed by atoms with Gasteiger partial charge in [-0.1, -0.05) is 94.4 Å². The monoisotopic (exact) mass is 1450 g/mol. The quantitative estimate of drug-likeness (QED) is 0.0983. The molecule has 0 spiro atoms. The van der Waals surface area contributed by atoms with Crippen LogP contribution in [0.1, 0.15) is 59.1 Å². The molecule has 0 unspecified atom stereocenters. The smallest absolute Gasteiger partial charge is 0.289 e. The molecule has 3 aliphatic heterocycles. The molecule has 102 heavy (non-hydrogen) atoms. The van der Waals surface area contributed by atoms with E-state index in [4.69, 9.17) is 50.8 Å². The Morgan fingerprint density at radius 3 is 1.27 bits per heavy atom. The summed E-state index contributed by atoms with van der Waals surface area (Å²) in [7, 11) is 7.81. The average molecular weight is 1450 g/mol. The number of nitriles is 3.